The maximum Gasteiger partial charge on any atom is 0.228 e. The van der Waals surface area contributed by atoms with E-state index in [1.807, 2.05) is 36.4 Å². The zero-order valence-electron chi connectivity index (χ0n) is 14.3. The van der Waals surface area contributed by atoms with Gasteiger partial charge in [-0.05, 0) is 42.7 Å². The standard InChI is InChI=1S/C19H23N3O3/c1-24-17-5-2-14(3-6-17)12-20-16-4-7-18(21-13-16)22-19(23)15-8-10-25-11-9-15/h2-7,13,15,20H,8-12H2,1H3,(H,21,22,23). The first kappa shape index (κ1) is 17.2. The summed E-state index contributed by atoms with van der Waals surface area (Å²) in [5, 5.41) is 6.19. The number of methoxy groups -OCH3 is 1. The predicted molar refractivity (Wildman–Crippen MR) is 96.7 cm³/mol. The van der Waals surface area contributed by atoms with Gasteiger partial charge in [-0.25, -0.2) is 4.98 Å². The number of anilines is 2. The van der Waals surface area contributed by atoms with Crippen molar-refractivity contribution in [2.24, 2.45) is 5.92 Å². The lowest BCUT2D eigenvalue weighted by Gasteiger charge is -2.20. The summed E-state index contributed by atoms with van der Waals surface area (Å²) in [6.07, 6.45) is 3.27. The van der Waals surface area contributed by atoms with Gasteiger partial charge in [-0.3, -0.25) is 4.79 Å². The first-order valence-corrected chi connectivity index (χ1v) is 8.46. The van der Waals surface area contributed by atoms with Crippen LogP contribution in [0.3, 0.4) is 0 Å². The van der Waals surface area contributed by atoms with Gasteiger partial charge in [0.25, 0.3) is 0 Å². The minimum atomic E-state index is 0.0171. The maximum absolute atomic E-state index is 12.2. The number of benzene rings is 1. The molecule has 0 saturated carbocycles. The van der Waals surface area contributed by atoms with E-state index in [-0.39, 0.29) is 11.8 Å². The van der Waals surface area contributed by atoms with Gasteiger partial charge in [-0.1, -0.05) is 12.1 Å². The molecule has 0 unspecified atom stereocenters. The Morgan fingerprint density at radius 1 is 1.20 bits per heavy atom. The smallest absolute Gasteiger partial charge is 0.228 e. The Hall–Kier alpha value is -2.60. The highest BCUT2D eigenvalue weighted by molar-refractivity contribution is 5.91. The van der Waals surface area contributed by atoms with Gasteiger partial charge in [0, 0.05) is 25.7 Å². The molecule has 2 N–H and O–H groups in total. The van der Waals surface area contributed by atoms with Crippen molar-refractivity contribution in [3.05, 3.63) is 48.2 Å². The van der Waals surface area contributed by atoms with Gasteiger partial charge >= 0.3 is 0 Å². The van der Waals surface area contributed by atoms with Crippen molar-refractivity contribution in [1.82, 2.24) is 4.98 Å². The van der Waals surface area contributed by atoms with E-state index >= 15 is 0 Å². The minimum absolute atomic E-state index is 0.0171. The number of rotatable bonds is 6. The number of amides is 1. The monoisotopic (exact) mass is 341 g/mol. The number of carbonyl (C=O) groups excluding carboxylic acids is 1. The van der Waals surface area contributed by atoms with Crippen LogP contribution in [0.4, 0.5) is 11.5 Å². The van der Waals surface area contributed by atoms with Crippen LogP contribution >= 0.6 is 0 Å². The highest BCUT2D eigenvalue weighted by atomic mass is 16.5. The Bertz CT molecular complexity index is 680. The Balaban J connectivity index is 1.50. The van der Waals surface area contributed by atoms with Crippen molar-refractivity contribution in [1.29, 1.82) is 0 Å². The summed E-state index contributed by atoms with van der Waals surface area (Å²) >= 11 is 0. The molecular weight excluding hydrogens is 318 g/mol. The Labute approximate surface area is 147 Å². The third-order valence-electron chi connectivity index (χ3n) is 4.26. The van der Waals surface area contributed by atoms with E-state index in [2.05, 4.69) is 15.6 Å². The Kier molecular flexibility index (Phi) is 5.85. The summed E-state index contributed by atoms with van der Waals surface area (Å²) in [6.45, 7) is 2.00. The quantitative estimate of drug-likeness (QED) is 0.845. The summed E-state index contributed by atoms with van der Waals surface area (Å²) in [4.78, 5) is 16.5. The fourth-order valence-electron chi connectivity index (χ4n) is 2.71. The van der Waals surface area contributed by atoms with Crippen LogP contribution in [0.25, 0.3) is 0 Å². The lowest BCUT2D eigenvalue weighted by molar-refractivity contribution is -0.122. The summed E-state index contributed by atoms with van der Waals surface area (Å²) in [7, 11) is 1.65. The van der Waals surface area contributed by atoms with Crippen molar-refractivity contribution in [3.8, 4) is 5.75 Å². The molecule has 0 bridgehead atoms. The zero-order valence-corrected chi connectivity index (χ0v) is 14.3. The Morgan fingerprint density at radius 3 is 2.60 bits per heavy atom. The summed E-state index contributed by atoms with van der Waals surface area (Å²) in [5.74, 6) is 1.46. The second-order valence-electron chi connectivity index (χ2n) is 6.01. The molecule has 2 aromatic rings. The molecule has 2 heterocycles. The van der Waals surface area contributed by atoms with Crippen molar-refractivity contribution in [3.63, 3.8) is 0 Å². The van der Waals surface area contributed by atoms with Crippen LogP contribution in [0.5, 0.6) is 5.75 Å². The van der Waals surface area contributed by atoms with Crippen LogP contribution in [0.2, 0.25) is 0 Å². The molecule has 25 heavy (non-hydrogen) atoms. The predicted octanol–water partition coefficient (Wildman–Crippen LogP) is 3.07. The number of nitrogens with one attached hydrogen (secondary N) is 2. The molecule has 3 rings (SSSR count). The number of pyridine rings is 1. The van der Waals surface area contributed by atoms with Gasteiger partial charge in [-0.15, -0.1) is 0 Å². The van der Waals surface area contributed by atoms with Crippen LogP contribution in [0, 0.1) is 5.92 Å². The van der Waals surface area contributed by atoms with Gasteiger partial charge in [-0.2, -0.15) is 0 Å². The van der Waals surface area contributed by atoms with E-state index < -0.39 is 0 Å². The van der Waals surface area contributed by atoms with Crippen LogP contribution in [0.1, 0.15) is 18.4 Å². The highest BCUT2D eigenvalue weighted by Crippen LogP contribution is 2.18. The molecule has 0 atom stereocenters. The molecule has 1 aromatic carbocycles. The molecule has 0 aliphatic carbocycles. The fourth-order valence-corrected chi connectivity index (χ4v) is 2.71. The SMILES string of the molecule is COc1ccc(CNc2ccc(NC(=O)C3CCOCC3)nc2)cc1. The first-order valence-electron chi connectivity index (χ1n) is 8.46. The molecule has 6 nitrogen and oxygen atoms in total. The molecular formula is C19H23N3O3. The largest absolute Gasteiger partial charge is 0.497 e. The number of hydrogen-bond donors (Lipinski definition) is 2. The van der Waals surface area contributed by atoms with E-state index in [4.69, 9.17) is 9.47 Å². The third-order valence-corrected chi connectivity index (χ3v) is 4.26. The molecule has 1 aromatic heterocycles. The number of aromatic nitrogens is 1. The first-order chi connectivity index (χ1) is 12.2. The van der Waals surface area contributed by atoms with Gasteiger partial charge in [0.2, 0.25) is 5.91 Å². The van der Waals surface area contributed by atoms with Crippen LogP contribution in [-0.4, -0.2) is 31.2 Å². The van der Waals surface area contributed by atoms with Crippen molar-refractivity contribution < 1.29 is 14.3 Å². The summed E-state index contributed by atoms with van der Waals surface area (Å²) < 4.78 is 10.4. The minimum Gasteiger partial charge on any atom is -0.497 e. The number of carbonyl (C=O) groups is 1. The highest BCUT2D eigenvalue weighted by Gasteiger charge is 2.21. The second-order valence-corrected chi connectivity index (χ2v) is 6.01. The molecule has 6 heteroatoms. The average Bonchev–Trinajstić information content (AvgIpc) is 2.68. The topological polar surface area (TPSA) is 72.5 Å². The molecule has 1 aliphatic heterocycles. The van der Waals surface area contributed by atoms with Crippen LogP contribution in [-0.2, 0) is 16.1 Å². The molecule has 1 aliphatic rings. The maximum atomic E-state index is 12.2. The van der Waals surface area contributed by atoms with Gasteiger partial charge < -0.3 is 20.1 Å². The lowest BCUT2D eigenvalue weighted by atomic mass is 9.99. The molecule has 0 radical (unpaired) electrons. The van der Waals surface area contributed by atoms with Gasteiger partial charge in [0.05, 0.1) is 19.0 Å². The number of nitrogens with zero attached hydrogens (tertiary/aromatic N) is 1. The number of ether oxygens (including phenoxy) is 2. The Morgan fingerprint density at radius 2 is 1.96 bits per heavy atom. The second kappa shape index (κ2) is 8.48. The van der Waals surface area contributed by atoms with Crippen molar-refractivity contribution >= 4 is 17.4 Å². The summed E-state index contributed by atoms with van der Waals surface area (Å²) in [5.41, 5.74) is 2.05. The molecule has 1 amide bonds. The van der Waals surface area contributed by atoms with E-state index in [1.54, 1.807) is 13.3 Å². The van der Waals surface area contributed by atoms with Gasteiger partial charge in [0.15, 0.2) is 0 Å². The summed E-state index contributed by atoms with van der Waals surface area (Å²) in [6, 6.07) is 11.6. The molecule has 132 valence electrons. The van der Waals surface area contributed by atoms with Gasteiger partial charge in [0.1, 0.15) is 11.6 Å². The zero-order chi connectivity index (χ0) is 17.5. The van der Waals surface area contributed by atoms with E-state index in [0.717, 1.165) is 29.8 Å². The normalized spacial score (nSPS) is 14.8. The number of hydrogen-bond acceptors (Lipinski definition) is 5. The van der Waals surface area contributed by atoms with E-state index in [9.17, 15) is 4.79 Å². The van der Waals surface area contributed by atoms with Crippen molar-refractivity contribution in [2.45, 2.75) is 19.4 Å². The van der Waals surface area contributed by atoms with Crippen molar-refractivity contribution in [2.75, 3.05) is 31.0 Å². The van der Waals surface area contributed by atoms with Crippen LogP contribution in [0.15, 0.2) is 42.6 Å². The average molecular weight is 341 g/mol. The molecule has 1 saturated heterocycles. The van der Waals surface area contributed by atoms with E-state index in [1.165, 1.54) is 0 Å². The third kappa shape index (κ3) is 4.93. The van der Waals surface area contributed by atoms with E-state index in [0.29, 0.717) is 25.6 Å². The fraction of sp³-hybridized carbons (Fsp3) is 0.368. The molecule has 1 fully saturated rings. The lowest BCUT2D eigenvalue weighted by Crippen LogP contribution is -2.28. The van der Waals surface area contributed by atoms with Crippen LogP contribution < -0.4 is 15.4 Å². The molecule has 0 spiro atoms.